The number of aromatic nitrogens is 3. The third kappa shape index (κ3) is 4.93. The molecule has 0 saturated carbocycles. The van der Waals surface area contributed by atoms with E-state index < -0.39 is 0 Å². The van der Waals surface area contributed by atoms with Crippen molar-refractivity contribution in [2.45, 2.75) is 25.0 Å². The van der Waals surface area contributed by atoms with E-state index in [4.69, 9.17) is 0 Å². The number of amides is 1. The molecule has 128 valence electrons. The lowest BCUT2D eigenvalue weighted by atomic mass is 10.1. The number of benzene rings is 2. The van der Waals surface area contributed by atoms with Gasteiger partial charge in [0.05, 0.1) is 5.75 Å². The van der Waals surface area contributed by atoms with E-state index in [1.165, 1.54) is 17.3 Å². The predicted molar refractivity (Wildman–Crippen MR) is 100 cm³/mol. The zero-order chi connectivity index (χ0) is 17.5. The Labute approximate surface area is 151 Å². The highest BCUT2D eigenvalue weighted by Gasteiger charge is 2.09. The van der Waals surface area contributed by atoms with Gasteiger partial charge in [-0.05, 0) is 17.5 Å². The van der Waals surface area contributed by atoms with Crippen molar-refractivity contribution in [2.75, 3.05) is 5.75 Å². The van der Waals surface area contributed by atoms with Crippen molar-refractivity contribution in [2.24, 2.45) is 0 Å². The second kappa shape index (κ2) is 8.48. The topological polar surface area (TPSA) is 70.7 Å². The normalized spacial score (nSPS) is 10.6. The molecule has 1 aromatic heterocycles. The second-order valence-corrected chi connectivity index (χ2v) is 6.51. The monoisotopic (exact) mass is 352 g/mol. The van der Waals surface area contributed by atoms with E-state index >= 15 is 0 Å². The van der Waals surface area contributed by atoms with Crippen LogP contribution in [0.3, 0.4) is 0 Å². The quantitative estimate of drug-likeness (QED) is 0.639. The third-order valence-electron chi connectivity index (χ3n) is 3.77. The number of carbonyl (C=O) groups excluding carboxylic acids is 1. The van der Waals surface area contributed by atoms with Gasteiger partial charge in [0.1, 0.15) is 0 Å². The van der Waals surface area contributed by atoms with Crippen molar-refractivity contribution in [3.8, 4) is 11.4 Å². The summed E-state index contributed by atoms with van der Waals surface area (Å²) in [5, 5.41) is 10.6. The minimum absolute atomic E-state index is 0.0347. The van der Waals surface area contributed by atoms with Gasteiger partial charge in [-0.15, -0.1) is 5.10 Å². The zero-order valence-electron chi connectivity index (χ0n) is 14.0. The van der Waals surface area contributed by atoms with Crippen LogP contribution < -0.4 is 5.32 Å². The Morgan fingerprint density at radius 3 is 2.56 bits per heavy atom. The number of aryl methyl sites for hydroxylation is 1. The van der Waals surface area contributed by atoms with E-state index in [2.05, 4.69) is 39.6 Å². The summed E-state index contributed by atoms with van der Waals surface area (Å²) in [4.78, 5) is 16.4. The predicted octanol–water partition coefficient (Wildman–Crippen LogP) is 3.44. The smallest absolute Gasteiger partial charge is 0.230 e. The molecule has 0 atom stereocenters. The van der Waals surface area contributed by atoms with E-state index in [0.717, 1.165) is 23.4 Å². The number of thioether (sulfide) groups is 1. The molecule has 25 heavy (non-hydrogen) atoms. The van der Waals surface area contributed by atoms with Crippen LogP contribution in [-0.2, 0) is 17.8 Å². The summed E-state index contributed by atoms with van der Waals surface area (Å²) >= 11 is 1.32. The Bertz CT molecular complexity index is 815. The molecule has 0 unspecified atom stereocenters. The van der Waals surface area contributed by atoms with E-state index in [0.29, 0.717) is 17.5 Å². The van der Waals surface area contributed by atoms with Gasteiger partial charge in [0.15, 0.2) is 5.82 Å². The minimum atomic E-state index is -0.0347. The number of hydrogen-bond donors (Lipinski definition) is 2. The maximum Gasteiger partial charge on any atom is 0.230 e. The van der Waals surface area contributed by atoms with Gasteiger partial charge in [0.2, 0.25) is 11.1 Å². The van der Waals surface area contributed by atoms with Crippen LogP contribution in [0.4, 0.5) is 0 Å². The molecular formula is C19H20N4OS. The van der Waals surface area contributed by atoms with Crippen LogP contribution in [0.15, 0.2) is 59.8 Å². The highest BCUT2D eigenvalue weighted by Crippen LogP contribution is 2.19. The average Bonchev–Trinajstić information content (AvgIpc) is 3.14. The lowest BCUT2D eigenvalue weighted by Crippen LogP contribution is -2.24. The van der Waals surface area contributed by atoms with Gasteiger partial charge in [-0.25, -0.2) is 4.98 Å². The van der Waals surface area contributed by atoms with Crippen LogP contribution in [0.2, 0.25) is 0 Å². The molecule has 6 heteroatoms. The molecule has 0 radical (unpaired) electrons. The lowest BCUT2D eigenvalue weighted by molar-refractivity contribution is -0.118. The Morgan fingerprint density at radius 2 is 1.84 bits per heavy atom. The number of aromatic amines is 1. The molecule has 3 rings (SSSR count). The Kier molecular flexibility index (Phi) is 5.85. The molecule has 2 aromatic carbocycles. The molecule has 2 N–H and O–H groups in total. The second-order valence-electron chi connectivity index (χ2n) is 5.57. The summed E-state index contributed by atoms with van der Waals surface area (Å²) in [6, 6.07) is 18.1. The van der Waals surface area contributed by atoms with E-state index in [1.807, 2.05) is 42.5 Å². The molecular weight excluding hydrogens is 332 g/mol. The summed E-state index contributed by atoms with van der Waals surface area (Å²) in [5.74, 6) is 0.973. The van der Waals surface area contributed by atoms with Gasteiger partial charge in [-0.3, -0.25) is 9.89 Å². The van der Waals surface area contributed by atoms with Gasteiger partial charge < -0.3 is 5.32 Å². The molecule has 0 fully saturated rings. The maximum atomic E-state index is 11.9. The lowest BCUT2D eigenvalue weighted by Gasteiger charge is -2.03. The van der Waals surface area contributed by atoms with E-state index in [9.17, 15) is 4.79 Å². The van der Waals surface area contributed by atoms with Gasteiger partial charge in [0.25, 0.3) is 0 Å². The van der Waals surface area contributed by atoms with Gasteiger partial charge in [-0.2, -0.15) is 0 Å². The average molecular weight is 352 g/mol. The molecule has 0 saturated heterocycles. The standard InChI is InChI=1S/C19H20N4OS/c1-2-14-8-10-16(11-9-14)18-21-19(23-22-18)25-13-17(24)20-12-15-6-4-3-5-7-15/h3-11H,2,12-13H2,1H3,(H,20,24)(H,21,22,23). The van der Waals surface area contributed by atoms with Crippen molar-refractivity contribution in [1.29, 1.82) is 0 Å². The minimum Gasteiger partial charge on any atom is -0.351 e. The summed E-state index contributed by atoms with van der Waals surface area (Å²) in [6.45, 7) is 2.66. The highest BCUT2D eigenvalue weighted by atomic mass is 32.2. The SMILES string of the molecule is CCc1ccc(-c2nc(SCC(=O)NCc3ccccc3)n[nH]2)cc1. The first kappa shape index (κ1) is 17.2. The first-order chi connectivity index (χ1) is 12.2. The van der Waals surface area contributed by atoms with Gasteiger partial charge in [0, 0.05) is 12.1 Å². The van der Waals surface area contributed by atoms with Crippen molar-refractivity contribution < 1.29 is 4.79 Å². The number of hydrogen-bond acceptors (Lipinski definition) is 4. The van der Waals surface area contributed by atoms with Crippen LogP contribution in [0.1, 0.15) is 18.1 Å². The van der Waals surface area contributed by atoms with Crippen LogP contribution in [0, 0.1) is 0 Å². The fourth-order valence-corrected chi connectivity index (χ4v) is 2.94. The third-order valence-corrected chi connectivity index (χ3v) is 4.61. The molecule has 0 aliphatic heterocycles. The largest absolute Gasteiger partial charge is 0.351 e. The molecule has 0 aliphatic rings. The molecule has 0 aliphatic carbocycles. The zero-order valence-corrected chi connectivity index (χ0v) is 14.8. The Balaban J connectivity index is 1.50. The van der Waals surface area contributed by atoms with Crippen molar-refractivity contribution >= 4 is 17.7 Å². The van der Waals surface area contributed by atoms with Gasteiger partial charge >= 0.3 is 0 Å². The number of H-pyrrole nitrogens is 1. The Hall–Kier alpha value is -2.60. The number of nitrogens with one attached hydrogen (secondary N) is 2. The molecule has 5 nitrogen and oxygen atoms in total. The highest BCUT2D eigenvalue weighted by molar-refractivity contribution is 7.99. The molecule has 0 spiro atoms. The summed E-state index contributed by atoms with van der Waals surface area (Å²) in [6.07, 6.45) is 1.01. The number of carbonyl (C=O) groups is 1. The van der Waals surface area contributed by atoms with Gasteiger partial charge in [-0.1, -0.05) is 73.3 Å². The van der Waals surface area contributed by atoms with E-state index in [1.54, 1.807) is 0 Å². The first-order valence-corrected chi connectivity index (χ1v) is 9.18. The fourth-order valence-electron chi connectivity index (χ4n) is 2.32. The van der Waals surface area contributed by atoms with Crippen molar-refractivity contribution in [3.63, 3.8) is 0 Å². The molecule has 3 aromatic rings. The summed E-state index contributed by atoms with van der Waals surface area (Å²) < 4.78 is 0. The fraction of sp³-hybridized carbons (Fsp3) is 0.211. The van der Waals surface area contributed by atoms with Crippen molar-refractivity contribution in [1.82, 2.24) is 20.5 Å². The molecule has 1 heterocycles. The van der Waals surface area contributed by atoms with Crippen molar-refractivity contribution in [3.05, 3.63) is 65.7 Å². The van der Waals surface area contributed by atoms with Crippen LogP contribution in [0.5, 0.6) is 0 Å². The Morgan fingerprint density at radius 1 is 1.08 bits per heavy atom. The first-order valence-electron chi connectivity index (χ1n) is 8.19. The van der Waals surface area contributed by atoms with E-state index in [-0.39, 0.29) is 5.91 Å². The molecule has 1 amide bonds. The van der Waals surface area contributed by atoms with Crippen LogP contribution in [-0.4, -0.2) is 26.8 Å². The van der Waals surface area contributed by atoms with Crippen LogP contribution in [0.25, 0.3) is 11.4 Å². The van der Waals surface area contributed by atoms with Crippen LogP contribution >= 0.6 is 11.8 Å². The molecule has 0 bridgehead atoms. The number of nitrogens with zero attached hydrogens (tertiary/aromatic N) is 2. The number of rotatable bonds is 7. The maximum absolute atomic E-state index is 11.9. The summed E-state index contributed by atoms with van der Waals surface area (Å²) in [5.41, 5.74) is 3.36. The summed E-state index contributed by atoms with van der Waals surface area (Å²) in [7, 11) is 0.